The van der Waals surface area contributed by atoms with E-state index in [0.29, 0.717) is 25.2 Å². The minimum atomic E-state index is -0.388. The third-order valence-corrected chi connectivity index (χ3v) is 3.19. The highest BCUT2D eigenvalue weighted by Gasteiger charge is 2.27. The largest absolute Gasteiger partial charge is 0.389 e. The summed E-state index contributed by atoms with van der Waals surface area (Å²) in [6.07, 6.45) is 2.12. The van der Waals surface area contributed by atoms with Crippen LogP contribution in [-0.2, 0) is 9.47 Å². The Kier molecular flexibility index (Phi) is 6.41. The van der Waals surface area contributed by atoms with Gasteiger partial charge in [0.1, 0.15) is 0 Å². The van der Waals surface area contributed by atoms with E-state index >= 15 is 0 Å². The lowest BCUT2D eigenvalue weighted by atomic mass is 9.84. The molecule has 1 aliphatic heterocycles. The number of ether oxygens (including phenoxy) is 2. The van der Waals surface area contributed by atoms with Crippen molar-refractivity contribution in [3.63, 3.8) is 0 Å². The molecule has 1 atom stereocenters. The van der Waals surface area contributed by atoms with Gasteiger partial charge in [-0.3, -0.25) is 0 Å². The maximum Gasteiger partial charge on any atom is 0.0900 e. The first kappa shape index (κ1) is 14.9. The molecule has 1 rings (SSSR count). The average molecular weight is 245 g/mol. The van der Waals surface area contributed by atoms with Gasteiger partial charge in [0.15, 0.2) is 0 Å². The third-order valence-electron chi connectivity index (χ3n) is 3.19. The van der Waals surface area contributed by atoms with E-state index in [0.717, 1.165) is 19.6 Å². The van der Waals surface area contributed by atoms with Gasteiger partial charge in [-0.25, -0.2) is 0 Å². The lowest BCUT2D eigenvalue weighted by molar-refractivity contribution is -0.0107. The second-order valence-corrected chi connectivity index (χ2v) is 5.72. The van der Waals surface area contributed by atoms with Gasteiger partial charge < -0.3 is 19.5 Å². The molecule has 1 aliphatic rings. The minimum absolute atomic E-state index is 0.384. The Morgan fingerprint density at radius 1 is 1.35 bits per heavy atom. The summed E-state index contributed by atoms with van der Waals surface area (Å²) < 4.78 is 10.2. The second kappa shape index (κ2) is 7.31. The lowest BCUT2D eigenvalue weighted by Gasteiger charge is -2.38. The molecule has 4 nitrogen and oxygen atoms in total. The van der Waals surface area contributed by atoms with Crippen molar-refractivity contribution in [2.24, 2.45) is 5.41 Å². The van der Waals surface area contributed by atoms with Crippen LogP contribution in [0.1, 0.15) is 26.7 Å². The van der Waals surface area contributed by atoms with E-state index in [4.69, 9.17) is 9.47 Å². The van der Waals surface area contributed by atoms with E-state index in [-0.39, 0.29) is 6.10 Å². The fourth-order valence-electron chi connectivity index (χ4n) is 2.41. The van der Waals surface area contributed by atoms with Gasteiger partial charge in [-0.15, -0.1) is 0 Å². The highest BCUT2D eigenvalue weighted by molar-refractivity contribution is 4.80. The summed E-state index contributed by atoms with van der Waals surface area (Å²) in [7, 11) is 1.65. The van der Waals surface area contributed by atoms with Crippen LogP contribution >= 0.6 is 0 Å². The lowest BCUT2D eigenvalue weighted by Crippen LogP contribution is -2.44. The third kappa shape index (κ3) is 6.36. The van der Waals surface area contributed by atoms with Crippen LogP contribution < -0.4 is 0 Å². The molecule has 1 fully saturated rings. The number of piperidine rings is 1. The molecule has 17 heavy (non-hydrogen) atoms. The molecule has 1 N–H and O–H groups in total. The summed E-state index contributed by atoms with van der Waals surface area (Å²) in [6, 6.07) is 0. The second-order valence-electron chi connectivity index (χ2n) is 5.72. The van der Waals surface area contributed by atoms with Gasteiger partial charge in [0.05, 0.1) is 25.9 Å². The van der Waals surface area contributed by atoms with Crippen LogP contribution in [0.3, 0.4) is 0 Å². The van der Waals surface area contributed by atoms with E-state index in [2.05, 4.69) is 18.7 Å². The zero-order valence-corrected chi connectivity index (χ0v) is 11.4. The summed E-state index contributed by atoms with van der Waals surface area (Å²) in [4.78, 5) is 2.34. The van der Waals surface area contributed by atoms with Crippen molar-refractivity contribution in [3.8, 4) is 0 Å². The van der Waals surface area contributed by atoms with Crippen molar-refractivity contribution in [3.05, 3.63) is 0 Å². The molecular weight excluding hydrogens is 218 g/mol. The van der Waals surface area contributed by atoms with Crippen molar-refractivity contribution in [2.45, 2.75) is 32.8 Å². The van der Waals surface area contributed by atoms with Gasteiger partial charge in [-0.05, 0) is 24.8 Å². The summed E-state index contributed by atoms with van der Waals surface area (Å²) >= 11 is 0. The van der Waals surface area contributed by atoms with Crippen molar-refractivity contribution < 1.29 is 14.6 Å². The van der Waals surface area contributed by atoms with Crippen molar-refractivity contribution in [1.82, 2.24) is 4.90 Å². The van der Waals surface area contributed by atoms with E-state index in [9.17, 15) is 5.11 Å². The van der Waals surface area contributed by atoms with Gasteiger partial charge in [-0.2, -0.15) is 0 Å². The first-order valence-corrected chi connectivity index (χ1v) is 6.50. The first-order valence-electron chi connectivity index (χ1n) is 6.50. The fraction of sp³-hybridized carbons (Fsp3) is 1.00. The van der Waals surface area contributed by atoms with Crippen LogP contribution in [0.4, 0.5) is 0 Å². The van der Waals surface area contributed by atoms with Crippen LogP contribution in [0, 0.1) is 5.41 Å². The van der Waals surface area contributed by atoms with Gasteiger partial charge >= 0.3 is 0 Å². The van der Waals surface area contributed by atoms with Crippen LogP contribution in [0.15, 0.2) is 0 Å². The molecule has 0 aromatic carbocycles. The fourth-order valence-corrected chi connectivity index (χ4v) is 2.41. The van der Waals surface area contributed by atoms with Gasteiger partial charge in [-0.1, -0.05) is 13.8 Å². The molecule has 0 aliphatic carbocycles. The molecule has 0 amide bonds. The smallest absolute Gasteiger partial charge is 0.0900 e. The molecule has 0 radical (unpaired) electrons. The number of likely N-dealkylation sites (tertiary alicyclic amines) is 1. The quantitative estimate of drug-likeness (QED) is 0.683. The van der Waals surface area contributed by atoms with Crippen LogP contribution in [0.5, 0.6) is 0 Å². The Labute approximate surface area is 105 Å². The molecular formula is C13H27NO3. The SMILES string of the molecule is COCCOCC(O)CN1CCCC(C)(C)C1. The zero-order valence-electron chi connectivity index (χ0n) is 11.4. The van der Waals surface area contributed by atoms with Crippen LogP contribution in [-0.4, -0.2) is 62.7 Å². The minimum Gasteiger partial charge on any atom is -0.389 e. The number of methoxy groups -OCH3 is 1. The number of hydrogen-bond donors (Lipinski definition) is 1. The summed E-state index contributed by atoms with van der Waals surface area (Å²) in [5, 5.41) is 9.86. The van der Waals surface area contributed by atoms with E-state index < -0.39 is 0 Å². The summed E-state index contributed by atoms with van der Waals surface area (Å²) in [5.74, 6) is 0. The maximum absolute atomic E-state index is 9.86. The monoisotopic (exact) mass is 245 g/mol. The predicted octanol–water partition coefficient (Wildman–Crippen LogP) is 1.13. The Hall–Kier alpha value is -0.160. The molecule has 0 saturated carbocycles. The summed E-state index contributed by atoms with van der Waals surface area (Å²) in [6.45, 7) is 9.02. The predicted molar refractivity (Wildman–Crippen MR) is 68.2 cm³/mol. The highest BCUT2D eigenvalue weighted by atomic mass is 16.5. The molecule has 0 bridgehead atoms. The van der Waals surface area contributed by atoms with Gasteiger partial charge in [0.2, 0.25) is 0 Å². The Bertz CT molecular complexity index is 209. The molecule has 0 aromatic rings. The average Bonchev–Trinajstić information content (AvgIpc) is 2.23. The molecule has 4 heteroatoms. The van der Waals surface area contributed by atoms with Gasteiger partial charge in [0.25, 0.3) is 0 Å². The van der Waals surface area contributed by atoms with E-state index in [1.165, 1.54) is 12.8 Å². The van der Waals surface area contributed by atoms with Crippen molar-refractivity contribution in [1.29, 1.82) is 0 Å². The Balaban J connectivity index is 2.15. The van der Waals surface area contributed by atoms with Gasteiger partial charge in [0, 0.05) is 20.2 Å². The molecule has 0 aromatic heterocycles. The normalized spacial score (nSPS) is 22.6. The number of hydrogen-bond acceptors (Lipinski definition) is 4. The molecule has 1 unspecified atom stereocenters. The summed E-state index contributed by atoms with van der Waals surface area (Å²) in [5.41, 5.74) is 0.384. The zero-order chi connectivity index (χ0) is 12.7. The van der Waals surface area contributed by atoms with E-state index in [1.807, 2.05) is 0 Å². The molecule has 1 heterocycles. The Morgan fingerprint density at radius 3 is 2.76 bits per heavy atom. The Morgan fingerprint density at radius 2 is 2.12 bits per heavy atom. The van der Waals surface area contributed by atoms with E-state index in [1.54, 1.807) is 7.11 Å². The number of β-amino-alcohol motifs (C(OH)–C–C–N with tert-alkyl or cyclic N) is 1. The van der Waals surface area contributed by atoms with Crippen LogP contribution in [0.25, 0.3) is 0 Å². The highest BCUT2D eigenvalue weighted by Crippen LogP contribution is 2.28. The number of aliphatic hydroxyl groups excluding tert-OH is 1. The number of aliphatic hydroxyl groups is 1. The standard InChI is InChI=1S/C13H27NO3/c1-13(2)5-4-6-14(11-13)9-12(15)10-17-8-7-16-3/h12,15H,4-11H2,1-3H3. The van der Waals surface area contributed by atoms with Crippen LogP contribution in [0.2, 0.25) is 0 Å². The number of rotatable bonds is 7. The number of nitrogens with zero attached hydrogens (tertiary/aromatic N) is 1. The first-order chi connectivity index (χ1) is 8.03. The topological polar surface area (TPSA) is 41.9 Å². The van der Waals surface area contributed by atoms with Crippen molar-refractivity contribution in [2.75, 3.05) is 46.6 Å². The maximum atomic E-state index is 9.86. The molecule has 1 saturated heterocycles. The van der Waals surface area contributed by atoms with Crippen molar-refractivity contribution >= 4 is 0 Å². The molecule has 102 valence electrons. The molecule has 0 spiro atoms.